The minimum absolute atomic E-state index is 0.0934. The fourth-order valence-corrected chi connectivity index (χ4v) is 1.85. The third kappa shape index (κ3) is 2.56. The van der Waals surface area contributed by atoms with Gasteiger partial charge in [-0.15, -0.1) is 0 Å². The molecule has 0 spiro atoms. The molecule has 2 aromatic heterocycles. The number of carboxylic acid groups (broad SMARTS) is 1. The number of carbonyl (C=O) groups is 1. The summed E-state index contributed by atoms with van der Waals surface area (Å²) in [5.41, 5.74) is 3.37. The second-order valence-electron chi connectivity index (χ2n) is 4.10. The highest BCUT2D eigenvalue weighted by Gasteiger charge is 2.11. The van der Waals surface area contributed by atoms with Crippen LogP contribution in [0.2, 0.25) is 0 Å². The van der Waals surface area contributed by atoms with Crippen molar-refractivity contribution in [2.24, 2.45) is 0 Å². The van der Waals surface area contributed by atoms with E-state index in [1.54, 1.807) is 18.6 Å². The van der Waals surface area contributed by atoms with Gasteiger partial charge in [0.2, 0.25) is 0 Å². The first kappa shape index (κ1) is 12.3. The maximum atomic E-state index is 10.6. The number of rotatable bonds is 4. The highest BCUT2D eigenvalue weighted by atomic mass is 16.4. The molecule has 18 heavy (non-hydrogen) atoms. The van der Waals surface area contributed by atoms with Crippen LogP contribution < -0.4 is 0 Å². The summed E-state index contributed by atoms with van der Waals surface area (Å²) in [6, 6.07) is 1.80. The fourth-order valence-electron chi connectivity index (χ4n) is 1.85. The number of furan rings is 1. The van der Waals surface area contributed by atoms with Crippen LogP contribution in [0.1, 0.15) is 23.4 Å². The Morgan fingerprint density at radius 3 is 2.50 bits per heavy atom. The van der Waals surface area contributed by atoms with Gasteiger partial charge in [-0.2, -0.15) is 0 Å². The lowest BCUT2D eigenvalue weighted by atomic mass is 10.1. The maximum Gasteiger partial charge on any atom is 0.303 e. The van der Waals surface area contributed by atoms with Crippen LogP contribution in [0.15, 0.2) is 23.0 Å². The number of aromatic nitrogens is 2. The molecule has 0 aliphatic heterocycles. The van der Waals surface area contributed by atoms with Crippen LogP contribution in [-0.2, 0) is 11.2 Å². The Labute approximate surface area is 105 Å². The van der Waals surface area contributed by atoms with Gasteiger partial charge >= 0.3 is 5.97 Å². The van der Waals surface area contributed by atoms with Crippen molar-refractivity contribution in [3.05, 3.63) is 35.5 Å². The van der Waals surface area contributed by atoms with E-state index >= 15 is 0 Å². The number of hydrogen-bond donors (Lipinski definition) is 1. The van der Waals surface area contributed by atoms with Gasteiger partial charge in [-0.25, -0.2) is 9.97 Å². The molecule has 1 N–H and O–H groups in total. The molecule has 0 aromatic carbocycles. The van der Waals surface area contributed by atoms with Crippen LogP contribution >= 0.6 is 0 Å². The molecular formula is C13H14N2O3. The van der Waals surface area contributed by atoms with Gasteiger partial charge in [0.1, 0.15) is 6.26 Å². The lowest BCUT2D eigenvalue weighted by Gasteiger charge is -2.09. The fraction of sp³-hybridized carbons (Fsp3) is 0.308. The van der Waals surface area contributed by atoms with Gasteiger partial charge in [0, 0.05) is 17.8 Å². The maximum absolute atomic E-state index is 10.6. The average Bonchev–Trinajstić information content (AvgIpc) is 2.80. The lowest BCUT2D eigenvalue weighted by Crippen LogP contribution is -2.05. The molecule has 0 saturated carbocycles. The van der Waals surface area contributed by atoms with Gasteiger partial charge in [-0.3, -0.25) is 4.79 Å². The summed E-state index contributed by atoms with van der Waals surface area (Å²) in [4.78, 5) is 19.4. The molecule has 94 valence electrons. The van der Waals surface area contributed by atoms with Crippen LogP contribution in [0.5, 0.6) is 0 Å². The average molecular weight is 246 g/mol. The second kappa shape index (κ2) is 5.00. The summed E-state index contributed by atoms with van der Waals surface area (Å²) in [6.07, 6.45) is 3.71. The van der Waals surface area contributed by atoms with Crippen molar-refractivity contribution in [1.82, 2.24) is 9.97 Å². The zero-order valence-corrected chi connectivity index (χ0v) is 10.3. The normalized spacial score (nSPS) is 10.6. The highest BCUT2D eigenvalue weighted by molar-refractivity contribution is 5.67. The lowest BCUT2D eigenvalue weighted by molar-refractivity contribution is -0.136. The van der Waals surface area contributed by atoms with E-state index in [1.807, 2.05) is 13.8 Å². The van der Waals surface area contributed by atoms with Crippen molar-refractivity contribution in [1.29, 1.82) is 0 Å². The van der Waals surface area contributed by atoms with Crippen LogP contribution in [0.25, 0.3) is 11.4 Å². The molecule has 2 aromatic rings. The summed E-state index contributed by atoms with van der Waals surface area (Å²) in [7, 11) is 0. The van der Waals surface area contributed by atoms with Crippen LogP contribution in [-0.4, -0.2) is 21.0 Å². The minimum atomic E-state index is -0.812. The molecule has 0 bridgehead atoms. The molecule has 2 rings (SSSR count). The molecule has 0 atom stereocenters. The largest absolute Gasteiger partial charge is 0.481 e. The van der Waals surface area contributed by atoms with Crippen molar-refractivity contribution < 1.29 is 14.3 Å². The van der Waals surface area contributed by atoms with Crippen LogP contribution in [0.3, 0.4) is 0 Å². The van der Waals surface area contributed by atoms with Crippen molar-refractivity contribution in [2.75, 3.05) is 0 Å². The molecule has 0 saturated heterocycles. The summed E-state index contributed by atoms with van der Waals surface area (Å²) >= 11 is 0. The Balaban J connectivity index is 2.32. The van der Waals surface area contributed by atoms with Crippen LogP contribution in [0, 0.1) is 13.8 Å². The van der Waals surface area contributed by atoms with E-state index in [0.29, 0.717) is 12.2 Å². The van der Waals surface area contributed by atoms with Crippen molar-refractivity contribution >= 4 is 5.97 Å². The smallest absolute Gasteiger partial charge is 0.303 e. The predicted octanol–water partition coefficient (Wildman–Crippen LogP) is 2.37. The summed E-state index contributed by atoms with van der Waals surface area (Å²) in [5, 5.41) is 8.71. The quantitative estimate of drug-likeness (QED) is 0.896. The summed E-state index contributed by atoms with van der Waals surface area (Å²) < 4.78 is 5.00. The van der Waals surface area contributed by atoms with Crippen molar-refractivity contribution in [3.63, 3.8) is 0 Å². The van der Waals surface area contributed by atoms with Gasteiger partial charge < -0.3 is 9.52 Å². The zero-order chi connectivity index (χ0) is 13.1. The molecule has 2 heterocycles. The van der Waals surface area contributed by atoms with Gasteiger partial charge in [0.25, 0.3) is 0 Å². The molecule has 0 amide bonds. The Hall–Kier alpha value is -2.17. The monoisotopic (exact) mass is 246 g/mol. The van der Waals surface area contributed by atoms with E-state index in [-0.39, 0.29) is 6.42 Å². The summed E-state index contributed by atoms with van der Waals surface area (Å²) in [5.74, 6) is -0.203. The number of carboxylic acids is 1. The van der Waals surface area contributed by atoms with E-state index in [9.17, 15) is 4.79 Å². The van der Waals surface area contributed by atoms with Gasteiger partial charge in [0.05, 0.1) is 11.8 Å². The van der Waals surface area contributed by atoms with Crippen molar-refractivity contribution in [2.45, 2.75) is 26.7 Å². The standard InChI is InChI=1S/C13H14N2O3/c1-8-11(3-4-12(16)17)9(2)15-13(14-8)10-5-6-18-7-10/h5-7H,3-4H2,1-2H3,(H,16,17). The first-order valence-corrected chi connectivity index (χ1v) is 5.66. The third-order valence-corrected chi connectivity index (χ3v) is 2.79. The molecular weight excluding hydrogens is 232 g/mol. The molecule has 0 aliphatic carbocycles. The third-order valence-electron chi connectivity index (χ3n) is 2.79. The Bertz CT molecular complexity index is 539. The Kier molecular flexibility index (Phi) is 3.41. The number of hydrogen-bond acceptors (Lipinski definition) is 4. The van der Waals surface area contributed by atoms with Gasteiger partial charge in [-0.05, 0) is 31.9 Å². The summed E-state index contributed by atoms with van der Waals surface area (Å²) in [6.45, 7) is 3.74. The van der Waals surface area contributed by atoms with E-state index in [1.165, 1.54) is 0 Å². The predicted molar refractivity (Wildman–Crippen MR) is 65.2 cm³/mol. The van der Waals surface area contributed by atoms with Crippen LogP contribution in [0.4, 0.5) is 0 Å². The molecule has 5 heteroatoms. The topological polar surface area (TPSA) is 76.2 Å². The molecule has 0 fully saturated rings. The second-order valence-corrected chi connectivity index (χ2v) is 4.10. The molecule has 0 radical (unpaired) electrons. The van der Waals surface area contributed by atoms with E-state index in [2.05, 4.69) is 9.97 Å². The first-order valence-electron chi connectivity index (χ1n) is 5.66. The molecule has 5 nitrogen and oxygen atoms in total. The molecule has 0 unspecified atom stereocenters. The van der Waals surface area contributed by atoms with Crippen molar-refractivity contribution in [3.8, 4) is 11.4 Å². The van der Waals surface area contributed by atoms with Gasteiger partial charge in [-0.1, -0.05) is 0 Å². The van der Waals surface area contributed by atoms with Gasteiger partial charge in [0.15, 0.2) is 5.82 Å². The number of aryl methyl sites for hydroxylation is 2. The Morgan fingerprint density at radius 2 is 2.00 bits per heavy atom. The van der Waals surface area contributed by atoms with E-state index in [0.717, 1.165) is 22.5 Å². The zero-order valence-electron chi connectivity index (χ0n) is 10.3. The number of aliphatic carboxylic acids is 1. The SMILES string of the molecule is Cc1nc(-c2ccoc2)nc(C)c1CCC(=O)O. The minimum Gasteiger partial charge on any atom is -0.481 e. The molecule has 0 aliphatic rings. The first-order chi connectivity index (χ1) is 8.58. The van der Waals surface area contributed by atoms with E-state index in [4.69, 9.17) is 9.52 Å². The number of nitrogens with zero attached hydrogens (tertiary/aromatic N) is 2. The highest BCUT2D eigenvalue weighted by Crippen LogP contribution is 2.20. The van der Waals surface area contributed by atoms with E-state index < -0.39 is 5.97 Å². The Morgan fingerprint density at radius 1 is 1.33 bits per heavy atom.